The highest BCUT2D eigenvalue weighted by atomic mass is 19.3. The Kier molecular flexibility index (Phi) is 6.56. The van der Waals surface area contributed by atoms with E-state index < -0.39 is 11.5 Å². The van der Waals surface area contributed by atoms with Crippen LogP contribution < -0.4 is 4.74 Å². The molecule has 0 saturated heterocycles. The van der Waals surface area contributed by atoms with Gasteiger partial charge in [0.25, 0.3) is 0 Å². The van der Waals surface area contributed by atoms with Gasteiger partial charge in [0.15, 0.2) is 0 Å². The van der Waals surface area contributed by atoms with E-state index in [1.807, 2.05) is 44.3 Å². The van der Waals surface area contributed by atoms with Gasteiger partial charge in [0.2, 0.25) is 11.8 Å². The zero-order chi connectivity index (χ0) is 29.1. The zero-order valence-corrected chi connectivity index (χ0v) is 23.9. The molecule has 1 aliphatic carbocycles. The van der Waals surface area contributed by atoms with Gasteiger partial charge in [-0.05, 0) is 51.2 Å². The predicted molar refractivity (Wildman–Crippen MR) is 153 cm³/mol. The molecule has 0 spiro atoms. The molecular formula is C31H34F2N6O2. The molecule has 1 atom stereocenters. The van der Waals surface area contributed by atoms with Gasteiger partial charge in [0.1, 0.15) is 5.52 Å². The predicted octanol–water partition coefficient (Wildman–Crippen LogP) is 6.34. The fourth-order valence-electron chi connectivity index (χ4n) is 6.44. The maximum atomic E-state index is 14.4. The summed E-state index contributed by atoms with van der Waals surface area (Å²) in [7, 11) is 3.40. The van der Waals surface area contributed by atoms with Crippen LogP contribution in [-0.2, 0) is 12.6 Å². The number of ether oxygens (including phenoxy) is 1. The van der Waals surface area contributed by atoms with Crippen LogP contribution in [0, 0.1) is 12.8 Å². The first-order valence-corrected chi connectivity index (χ1v) is 13.9. The number of rotatable bonds is 6. The summed E-state index contributed by atoms with van der Waals surface area (Å²) in [6.45, 7) is 5.34. The molecule has 1 aromatic carbocycles. The summed E-state index contributed by atoms with van der Waals surface area (Å²) in [5.74, 6) is -2.35. The fraction of sp³-hybridized carbons (Fsp3) is 0.419. The molecule has 0 bridgehead atoms. The fourth-order valence-corrected chi connectivity index (χ4v) is 6.44. The molecule has 8 nitrogen and oxygen atoms in total. The van der Waals surface area contributed by atoms with E-state index in [9.17, 15) is 13.9 Å². The van der Waals surface area contributed by atoms with Crippen LogP contribution in [0.2, 0.25) is 0 Å². The molecule has 0 amide bonds. The number of pyridine rings is 2. The first-order valence-electron chi connectivity index (χ1n) is 13.9. The summed E-state index contributed by atoms with van der Waals surface area (Å²) in [6.07, 6.45) is 3.84. The van der Waals surface area contributed by atoms with E-state index in [0.717, 1.165) is 33.5 Å². The summed E-state index contributed by atoms with van der Waals surface area (Å²) in [5.41, 5.74) is 4.96. The number of hydrogen-bond acceptors (Lipinski definition) is 6. The number of aryl methyl sites for hydroxylation is 2. The summed E-state index contributed by atoms with van der Waals surface area (Å²) in [6, 6.07) is 11.7. The molecule has 1 fully saturated rings. The van der Waals surface area contributed by atoms with Gasteiger partial charge in [0.05, 0.1) is 46.6 Å². The third-order valence-electron chi connectivity index (χ3n) is 8.37. The van der Waals surface area contributed by atoms with Crippen LogP contribution in [0.4, 0.5) is 8.78 Å². The standard InChI is InChI=1S/C31H34F2N6O2/c1-18-26(38(4)37-36-18)21-15-23-25(34-16-21)24-28(22(30(2,3)40)17-35-29(24)41-5)39(23)27(19-9-7-6-8-10-19)20-11-13-31(32,33)14-12-20/h6-10,15-17,20,27,40H,11-14H2,1-5H3/t27-/m1/s1. The molecule has 0 radical (unpaired) electrons. The molecule has 4 aromatic heterocycles. The lowest BCUT2D eigenvalue weighted by molar-refractivity contribution is -0.0493. The monoisotopic (exact) mass is 560 g/mol. The minimum absolute atomic E-state index is 0.0756. The normalized spacial score (nSPS) is 16.9. The van der Waals surface area contributed by atoms with Crippen LogP contribution in [0.3, 0.4) is 0 Å². The molecular weight excluding hydrogens is 526 g/mol. The minimum Gasteiger partial charge on any atom is -0.480 e. The third-order valence-corrected chi connectivity index (χ3v) is 8.37. The van der Waals surface area contributed by atoms with E-state index in [2.05, 4.69) is 25.9 Å². The van der Waals surface area contributed by atoms with E-state index in [0.29, 0.717) is 35.2 Å². The van der Waals surface area contributed by atoms with Crippen LogP contribution in [-0.4, -0.2) is 47.7 Å². The van der Waals surface area contributed by atoms with Crippen molar-refractivity contribution in [2.75, 3.05) is 7.11 Å². The molecule has 0 unspecified atom stereocenters. The smallest absolute Gasteiger partial charge is 0.248 e. The molecule has 1 aliphatic rings. The van der Waals surface area contributed by atoms with E-state index in [-0.39, 0.29) is 24.8 Å². The summed E-state index contributed by atoms with van der Waals surface area (Å²) >= 11 is 0. The second kappa shape index (κ2) is 9.87. The van der Waals surface area contributed by atoms with Crippen molar-refractivity contribution in [1.82, 2.24) is 29.5 Å². The molecule has 1 saturated carbocycles. The van der Waals surface area contributed by atoms with Crippen LogP contribution >= 0.6 is 0 Å². The van der Waals surface area contributed by atoms with Gasteiger partial charge in [-0.1, -0.05) is 35.5 Å². The van der Waals surface area contributed by atoms with Gasteiger partial charge < -0.3 is 14.4 Å². The van der Waals surface area contributed by atoms with Crippen LogP contribution in [0.25, 0.3) is 33.2 Å². The van der Waals surface area contributed by atoms with Gasteiger partial charge >= 0.3 is 0 Å². The lowest BCUT2D eigenvalue weighted by Gasteiger charge is -2.36. The van der Waals surface area contributed by atoms with Crippen molar-refractivity contribution in [1.29, 1.82) is 0 Å². The Morgan fingerprint density at radius 1 is 1.10 bits per heavy atom. The van der Waals surface area contributed by atoms with Crippen molar-refractivity contribution in [2.45, 2.75) is 64.0 Å². The number of hydrogen-bond donors (Lipinski definition) is 1. The number of methoxy groups -OCH3 is 1. The van der Waals surface area contributed by atoms with Crippen molar-refractivity contribution in [3.8, 4) is 17.1 Å². The molecule has 214 valence electrons. The number of halogens is 2. The molecule has 1 N–H and O–H groups in total. The zero-order valence-electron chi connectivity index (χ0n) is 23.9. The Morgan fingerprint density at radius 2 is 1.80 bits per heavy atom. The number of benzene rings is 1. The first kappa shape index (κ1) is 27.3. The second-order valence-corrected chi connectivity index (χ2v) is 11.6. The number of aliphatic hydroxyl groups is 1. The van der Waals surface area contributed by atoms with Crippen molar-refractivity contribution >= 4 is 21.9 Å². The molecule has 6 rings (SSSR count). The van der Waals surface area contributed by atoms with Crippen LogP contribution in [0.1, 0.15) is 62.4 Å². The van der Waals surface area contributed by atoms with Crippen molar-refractivity contribution in [3.05, 3.63) is 65.6 Å². The van der Waals surface area contributed by atoms with Gasteiger partial charge in [-0.25, -0.2) is 18.4 Å². The lowest BCUT2D eigenvalue weighted by Crippen LogP contribution is -2.31. The number of alkyl halides is 2. The summed E-state index contributed by atoms with van der Waals surface area (Å²) in [5, 5.41) is 20.5. The highest BCUT2D eigenvalue weighted by Gasteiger charge is 2.40. The average Bonchev–Trinajstić information content (AvgIpc) is 3.45. The van der Waals surface area contributed by atoms with E-state index in [4.69, 9.17) is 9.72 Å². The largest absolute Gasteiger partial charge is 0.480 e. The van der Waals surface area contributed by atoms with Gasteiger partial charge in [0, 0.05) is 43.4 Å². The molecule has 0 aliphatic heterocycles. The number of aromatic nitrogens is 6. The molecule has 5 aromatic rings. The molecule has 10 heteroatoms. The summed E-state index contributed by atoms with van der Waals surface area (Å²) < 4.78 is 38.5. The quantitative estimate of drug-likeness (QED) is 0.261. The number of nitrogens with zero attached hydrogens (tertiary/aromatic N) is 6. The Labute approximate surface area is 237 Å². The Bertz CT molecular complexity index is 1710. The second-order valence-electron chi connectivity index (χ2n) is 11.6. The third kappa shape index (κ3) is 4.64. The van der Waals surface area contributed by atoms with Crippen molar-refractivity contribution in [3.63, 3.8) is 0 Å². The van der Waals surface area contributed by atoms with Crippen LogP contribution in [0.15, 0.2) is 48.8 Å². The molecule has 4 heterocycles. The van der Waals surface area contributed by atoms with E-state index >= 15 is 0 Å². The maximum absolute atomic E-state index is 14.4. The highest BCUT2D eigenvalue weighted by molar-refractivity contribution is 6.10. The Hall–Kier alpha value is -3.92. The SMILES string of the molecule is COc1ncc(C(C)(C)O)c2c1c1ncc(-c3c(C)nnn3C)cc1n2[C@H](c1ccccc1)C1CCC(F)(F)CC1. The highest BCUT2D eigenvalue weighted by Crippen LogP contribution is 2.48. The Morgan fingerprint density at radius 3 is 2.41 bits per heavy atom. The van der Waals surface area contributed by atoms with E-state index in [1.54, 1.807) is 38.0 Å². The lowest BCUT2D eigenvalue weighted by atomic mass is 9.79. The minimum atomic E-state index is -2.66. The van der Waals surface area contributed by atoms with Gasteiger partial charge in [-0.15, -0.1) is 5.10 Å². The van der Waals surface area contributed by atoms with Crippen molar-refractivity contribution in [2.24, 2.45) is 13.0 Å². The van der Waals surface area contributed by atoms with Crippen molar-refractivity contribution < 1.29 is 18.6 Å². The molecule has 41 heavy (non-hydrogen) atoms. The van der Waals surface area contributed by atoms with E-state index in [1.165, 1.54) is 0 Å². The Balaban J connectivity index is 1.75. The summed E-state index contributed by atoms with van der Waals surface area (Å²) in [4.78, 5) is 9.49. The van der Waals surface area contributed by atoms with Gasteiger partial charge in [-0.2, -0.15) is 0 Å². The van der Waals surface area contributed by atoms with Gasteiger partial charge in [-0.3, -0.25) is 4.98 Å². The topological polar surface area (TPSA) is 90.9 Å². The average molecular weight is 561 g/mol. The maximum Gasteiger partial charge on any atom is 0.248 e. The number of fused-ring (bicyclic) bond motifs is 3. The van der Waals surface area contributed by atoms with Crippen LogP contribution in [0.5, 0.6) is 5.88 Å². The first-order chi connectivity index (χ1) is 19.5.